The van der Waals surface area contributed by atoms with Crippen molar-refractivity contribution in [3.63, 3.8) is 0 Å². The maximum Gasteiger partial charge on any atom is 0.239 e. The van der Waals surface area contributed by atoms with Crippen molar-refractivity contribution in [2.75, 3.05) is 16.8 Å². The minimum atomic E-state index is -3.47. The number of rotatable bonds is 6. The molecule has 0 heterocycles. The number of sulfone groups is 1. The molecule has 1 N–H and O–H groups in total. The molecule has 6 heteroatoms. The number of hydrogen-bond donors (Lipinski definition) is 1. The van der Waals surface area contributed by atoms with Gasteiger partial charge in [0.25, 0.3) is 0 Å². The van der Waals surface area contributed by atoms with Gasteiger partial charge in [-0.15, -0.1) is 0 Å². The van der Waals surface area contributed by atoms with Crippen LogP contribution in [0.4, 0.5) is 5.69 Å². The topological polar surface area (TPSA) is 87.0 Å². The Kier molecular flexibility index (Phi) is 5.91. The van der Waals surface area contributed by atoms with Gasteiger partial charge in [-0.2, -0.15) is 5.26 Å². The number of carbonyl (C=O) groups excluding carboxylic acids is 1. The fraction of sp³-hybridized carbons (Fsp3) is 0.467. The van der Waals surface area contributed by atoms with E-state index in [9.17, 15) is 13.2 Å². The van der Waals surface area contributed by atoms with Gasteiger partial charge in [0.2, 0.25) is 5.91 Å². The van der Waals surface area contributed by atoms with Crippen molar-refractivity contribution in [2.45, 2.75) is 33.6 Å². The van der Waals surface area contributed by atoms with Crippen LogP contribution in [-0.2, 0) is 14.6 Å². The Bertz CT molecular complexity index is 650. The quantitative estimate of drug-likeness (QED) is 0.817. The van der Waals surface area contributed by atoms with E-state index in [1.165, 1.54) is 0 Å². The van der Waals surface area contributed by atoms with E-state index in [2.05, 4.69) is 5.32 Å². The summed E-state index contributed by atoms with van der Waals surface area (Å²) < 4.78 is 23.5. The van der Waals surface area contributed by atoms with Gasteiger partial charge in [-0.3, -0.25) is 4.79 Å². The minimum Gasteiger partial charge on any atom is -0.325 e. The SMILES string of the molecule is Cc1cc(C)c(NC(=O)CS(=O)(=O)CCCC#N)c(C)c1. The summed E-state index contributed by atoms with van der Waals surface area (Å²) in [4.78, 5) is 11.9. The lowest BCUT2D eigenvalue weighted by atomic mass is 10.1. The van der Waals surface area contributed by atoms with Gasteiger partial charge >= 0.3 is 0 Å². The second-order valence-corrected chi connectivity index (χ2v) is 7.36. The zero-order valence-electron chi connectivity index (χ0n) is 12.6. The second-order valence-electron chi connectivity index (χ2n) is 5.18. The number of anilines is 1. The summed E-state index contributed by atoms with van der Waals surface area (Å²) in [5, 5.41) is 11.1. The predicted molar refractivity (Wildman–Crippen MR) is 82.8 cm³/mol. The highest BCUT2D eigenvalue weighted by molar-refractivity contribution is 7.92. The van der Waals surface area contributed by atoms with E-state index in [1.807, 2.05) is 39.0 Å². The molecule has 5 nitrogen and oxygen atoms in total. The molecule has 0 unspecified atom stereocenters. The Morgan fingerprint density at radius 2 is 1.81 bits per heavy atom. The van der Waals surface area contributed by atoms with Crippen molar-refractivity contribution < 1.29 is 13.2 Å². The molecule has 0 aromatic heterocycles. The lowest BCUT2D eigenvalue weighted by Gasteiger charge is -2.13. The molecular weight excluding hydrogens is 288 g/mol. The third-order valence-electron chi connectivity index (χ3n) is 3.04. The number of nitrogens with zero attached hydrogens (tertiary/aromatic N) is 1. The van der Waals surface area contributed by atoms with Crippen LogP contribution in [0, 0.1) is 32.1 Å². The zero-order chi connectivity index (χ0) is 16.0. The maximum absolute atomic E-state index is 11.9. The van der Waals surface area contributed by atoms with Gasteiger partial charge in [0, 0.05) is 12.1 Å². The molecule has 0 saturated carbocycles. The van der Waals surface area contributed by atoms with Crippen LogP contribution in [0.2, 0.25) is 0 Å². The number of nitrogens with one attached hydrogen (secondary N) is 1. The lowest BCUT2D eigenvalue weighted by molar-refractivity contribution is -0.113. The van der Waals surface area contributed by atoms with Crippen molar-refractivity contribution in [2.24, 2.45) is 0 Å². The van der Waals surface area contributed by atoms with Gasteiger partial charge in [0.1, 0.15) is 5.75 Å². The molecule has 0 fully saturated rings. The third kappa shape index (κ3) is 5.56. The van der Waals surface area contributed by atoms with Crippen molar-refractivity contribution in [1.29, 1.82) is 5.26 Å². The zero-order valence-corrected chi connectivity index (χ0v) is 13.4. The number of aryl methyl sites for hydroxylation is 3. The average molecular weight is 308 g/mol. The fourth-order valence-electron chi connectivity index (χ4n) is 2.20. The van der Waals surface area contributed by atoms with E-state index < -0.39 is 21.5 Å². The molecule has 1 aromatic carbocycles. The summed E-state index contributed by atoms with van der Waals surface area (Å²) in [6.07, 6.45) is 0.436. The van der Waals surface area contributed by atoms with Crippen LogP contribution in [0.5, 0.6) is 0 Å². The first-order chi connectivity index (χ1) is 9.75. The molecule has 21 heavy (non-hydrogen) atoms. The van der Waals surface area contributed by atoms with Crippen LogP contribution in [0.25, 0.3) is 0 Å². The molecule has 0 saturated heterocycles. The lowest BCUT2D eigenvalue weighted by Crippen LogP contribution is -2.25. The monoisotopic (exact) mass is 308 g/mol. The number of benzene rings is 1. The summed E-state index contributed by atoms with van der Waals surface area (Å²) in [5.74, 6) is -1.23. The predicted octanol–water partition coefficient (Wildman–Crippen LogP) is 2.27. The summed E-state index contributed by atoms with van der Waals surface area (Å²) >= 11 is 0. The van der Waals surface area contributed by atoms with Crippen molar-refractivity contribution >= 4 is 21.4 Å². The summed E-state index contributed by atoms with van der Waals surface area (Å²) in [6, 6.07) is 5.76. The van der Waals surface area contributed by atoms with Crippen molar-refractivity contribution in [3.8, 4) is 6.07 Å². The van der Waals surface area contributed by atoms with E-state index in [0.29, 0.717) is 5.69 Å². The number of carbonyl (C=O) groups is 1. The van der Waals surface area contributed by atoms with Gasteiger partial charge in [-0.25, -0.2) is 8.42 Å². The van der Waals surface area contributed by atoms with Crippen LogP contribution < -0.4 is 5.32 Å². The van der Waals surface area contributed by atoms with Crippen LogP contribution >= 0.6 is 0 Å². The highest BCUT2D eigenvalue weighted by Gasteiger charge is 2.17. The first-order valence-electron chi connectivity index (χ1n) is 6.70. The largest absolute Gasteiger partial charge is 0.325 e. The van der Waals surface area contributed by atoms with Crippen LogP contribution in [0.3, 0.4) is 0 Å². The van der Waals surface area contributed by atoms with Gasteiger partial charge in [0.05, 0.1) is 11.8 Å². The summed E-state index contributed by atoms with van der Waals surface area (Å²) in [5.41, 5.74) is 3.57. The molecule has 0 bridgehead atoms. The Morgan fingerprint density at radius 3 is 2.33 bits per heavy atom. The highest BCUT2D eigenvalue weighted by Crippen LogP contribution is 2.21. The van der Waals surface area contributed by atoms with E-state index in [4.69, 9.17) is 5.26 Å². The Balaban J connectivity index is 2.73. The van der Waals surface area contributed by atoms with Crippen LogP contribution in [0.15, 0.2) is 12.1 Å². The Hall–Kier alpha value is -1.87. The molecule has 0 radical (unpaired) electrons. The molecule has 0 aliphatic carbocycles. The van der Waals surface area contributed by atoms with Crippen molar-refractivity contribution in [1.82, 2.24) is 0 Å². The molecule has 1 amide bonds. The highest BCUT2D eigenvalue weighted by atomic mass is 32.2. The van der Waals surface area contributed by atoms with Gasteiger partial charge < -0.3 is 5.32 Å². The summed E-state index contributed by atoms with van der Waals surface area (Å²) in [6.45, 7) is 5.71. The molecule has 0 aliphatic rings. The van der Waals surface area contributed by atoms with Crippen LogP contribution in [-0.4, -0.2) is 25.8 Å². The number of hydrogen-bond acceptors (Lipinski definition) is 4. The molecule has 1 rings (SSSR count). The van der Waals surface area contributed by atoms with E-state index >= 15 is 0 Å². The van der Waals surface area contributed by atoms with E-state index in [0.717, 1.165) is 16.7 Å². The normalized spacial score (nSPS) is 11.0. The standard InChI is InChI=1S/C15H20N2O3S/c1-11-8-12(2)15(13(3)9-11)17-14(18)10-21(19,20)7-5-4-6-16/h8-9H,4-5,7,10H2,1-3H3,(H,17,18). The number of amides is 1. The Morgan fingerprint density at radius 1 is 1.24 bits per heavy atom. The molecular formula is C15H20N2O3S. The summed E-state index contributed by atoms with van der Waals surface area (Å²) in [7, 11) is -3.47. The average Bonchev–Trinajstić information content (AvgIpc) is 2.33. The molecule has 114 valence electrons. The first kappa shape index (κ1) is 17.2. The molecule has 0 atom stereocenters. The first-order valence-corrected chi connectivity index (χ1v) is 8.52. The smallest absolute Gasteiger partial charge is 0.239 e. The molecule has 0 aliphatic heterocycles. The second kappa shape index (κ2) is 7.23. The molecule has 0 spiro atoms. The van der Waals surface area contributed by atoms with Gasteiger partial charge in [-0.1, -0.05) is 17.7 Å². The van der Waals surface area contributed by atoms with Gasteiger partial charge in [0.15, 0.2) is 9.84 Å². The van der Waals surface area contributed by atoms with Gasteiger partial charge in [-0.05, 0) is 38.3 Å². The maximum atomic E-state index is 11.9. The Labute approximate surface area is 125 Å². The minimum absolute atomic E-state index is 0.139. The van der Waals surface area contributed by atoms with E-state index in [1.54, 1.807) is 0 Å². The van der Waals surface area contributed by atoms with E-state index in [-0.39, 0.29) is 18.6 Å². The molecule has 1 aromatic rings. The number of unbranched alkanes of at least 4 members (excludes halogenated alkanes) is 1. The third-order valence-corrected chi connectivity index (χ3v) is 4.65. The van der Waals surface area contributed by atoms with Crippen molar-refractivity contribution in [3.05, 3.63) is 28.8 Å². The number of nitriles is 1. The van der Waals surface area contributed by atoms with Crippen LogP contribution in [0.1, 0.15) is 29.5 Å². The fourth-order valence-corrected chi connectivity index (χ4v) is 3.40.